The molecule has 0 spiro atoms. The van der Waals surface area contributed by atoms with Gasteiger partial charge in [-0.2, -0.15) is 5.10 Å². The number of fused-ring (bicyclic) bond motifs is 2. The number of aliphatic carboxylic acids is 1. The van der Waals surface area contributed by atoms with Crippen molar-refractivity contribution < 1.29 is 19.1 Å². The van der Waals surface area contributed by atoms with E-state index in [4.69, 9.17) is 10.1 Å². The van der Waals surface area contributed by atoms with Gasteiger partial charge in [0.05, 0.1) is 17.2 Å². The summed E-state index contributed by atoms with van der Waals surface area (Å²) >= 11 is 0. The molecule has 8 nitrogen and oxygen atoms in total. The Morgan fingerprint density at radius 3 is 2.56 bits per heavy atom. The summed E-state index contributed by atoms with van der Waals surface area (Å²) in [6.45, 7) is 7.46. The number of carbonyl (C=O) groups excluding carboxylic acids is 1. The lowest BCUT2D eigenvalue weighted by Gasteiger charge is -2.35. The molecular weight excluding hydrogens is 545 g/mol. The Morgan fingerprint density at radius 2 is 1.81 bits per heavy atom. The van der Waals surface area contributed by atoms with E-state index < -0.39 is 17.2 Å². The van der Waals surface area contributed by atoms with E-state index in [1.807, 2.05) is 29.2 Å². The Hall–Kier alpha value is -4.27. The van der Waals surface area contributed by atoms with Gasteiger partial charge >= 0.3 is 5.97 Å². The van der Waals surface area contributed by atoms with Crippen molar-refractivity contribution in [1.82, 2.24) is 19.5 Å². The van der Waals surface area contributed by atoms with Crippen molar-refractivity contribution in [1.29, 1.82) is 0 Å². The van der Waals surface area contributed by atoms with Crippen molar-refractivity contribution in [2.24, 2.45) is 11.3 Å². The fourth-order valence-corrected chi connectivity index (χ4v) is 6.77. The molecule has 0 bridgehead atoms. The highest BCUT2D eigenvalue weighted by Gasteiger charge is 2.41. The van der Waals surface area contributed by atoms with Gasteiger partial charge in [-0.3, -0.25) is 9.59 Å². The number of amides is 1. The molecular formula is C34H36FN5O3. The first-order valence-electron chi connectivity index (χ1n) is 15.2. The van der Waals surface area contributed by atoms with Crippen molar-refractivity contribution in [2.45, 2.75) is 58.4 Å². The summed E-state index contributed by atoms with van der Waals surface area (Å²) in [5.74, 6) is -1.02. The van der Waals surface area contributed by atoms with Crippen LogP contribution >= 0.6 is 0 Å². The smallest absolute Gasteiger partial charge is 0.309 e. The number of anilines is 1. The summed E-state index contributed by atoms with van der Waals surface area (Å²) in [6.07, 6.45) is 3.60. The fraction of sp³-hybridized carbons (Fsp3) is 0.412. The predicted octanol–water partition coefficient (Wildman–Crippen LogP) is 6.11. The summed E-state index contributed by atoms with van der Waals surface area (Å²) in [7, 11) is 0. The Labute approximate surface area is 250 Å². The third kappa shape index (κ3) is 4.75. The Kier molecular flexibility index (Phi) is 6.52. The van der Waals surface area contributed by atoms with Crippen LogP contribution in [0.15, 0.2) is 54.6 Å². The van der Waals surface area contributed by atoms with E-state index in [-0.39, 0.29) is 17.9 Å². The maximum Gasteiger partial charge on any atom is 0.309 e. The first-order chi connectivity index (χ1) is 20.6. The number of hydrogen-bond donors (Lipinski definition) is 1. The Bertz CT molecular complexity index is 1760. The molecule has 4 heterocycles. The molecule has 9 heteroatoms. The van der Waals surface area contributed by atoms with E-state index in [0.29, 0.717) is 48.2 Å². The summed E-state index contributed by atoms with van der Waals surface area (Å²) in [5, 5.41) is 14.4. The number of aromatic nitrogens is 3. The second-order valence-electron chi connectivity index (χ2n) is 12.9. The van der Waals surface area contributed by atoms with Gasteiger partial charge in [-0.1, -0.05) is 24.3 Å². The summed E-state index contributed by atoms with van der Waals surface area (Å²) < 4.78 is 17.4. The molecule has 0 unspecified atom stereocenters. The molecule has 0 radical (unpaired) electrons. The third-order valence-electron chi connectivity index (χ3n) is 9.88. The van der Waals surface area contributed by atoms with Crippen molar-refractivity contribution in [2.75, 3.05) is 24.5 Å². The number of rotatable bonds is 6. The number of carboxylic acid groups (broad SMARTS) is 1. The van der Waals surface area contributed by atoms with Crippen LogP contribution in [0, 0.1) is 17.2 Å². The maximum atomic E-state index is 15.6. The van der Waals surface area contributed by atoms with E-state index in [1.165, 1.54) is 17.2 Å². The van der Waals surface area contributed by atoms with Crippen molar-refractivity contribution in [3.63, 3.8) is 0 Å². The molecule has 2 aromatic carbocycles. The number of hydrogen-bond acceptors (Lipinski definition) is 5. The van der Waals surface area contributed by atoms with Crippen molar-refractivity contribution in [3.8, 4) is 11.3 Å². The van der Waals surface area contributed by atoms with Crippen LogP contribution in [0.5, 0.6) is 0 Å². The SMILES string of the molecule is C[C@@H]1c2ccccc2CCN1C(=O)c1cc(C2CC2)n2nc(-c3ccc(N4CC[C@H](C(C)(C)C(=O)O)C4)cc3F)cc2n1. The molecule has 2 atom stereocenters. The average molecular weight is 582 g/mol. The first kappa shape index (κ1) is 27.6. The quantitative estimate of drug-likeness (QED) is 0.296. The normalized spacial score (nSPS) is 20.5. The molecule has 3 aliphatic rings. The predicted molar refractivity (Wildman–Crippen MR) is 162 cm³/mol. The standard InChI is InChI=1S/C34H36FN5O3/c1-20-25-7-5-4-6-21(25)12-15-39(20)32(41)29-17-30(22-8-9-22)40-31(36-29)18-28(37-40)26-11-10-24(16-27(26)35)38-14-13-23(19-38)34(2,3)33(42)43/h4-7,10-11,16-18,20,22-23H,8-9,12-15,19H2,1-3H3,(H,42,43)/t20-,23+/m1/s1. The minimum atomic E-state index is -0.840. The third-order valence-corrected chi connectivity index (χ3v) is 9.88. The topological polar surface area (TPSA) is 91.0 Å². The van der Waals surface area contributed by atoms with Gasteiger partial charge in [0.1, 0.15) is 11.5 Å². The van der Waals surface area contributed by atoms with Crippen molar-refractivity contribution >= 4 is 23.2 Å². The molecule has 7 rings (SSSR count). The lowest BCUT2D eigenvalue weighted by Crippen LogP contribution is -2.39. The van der Waals surface area contributed by atoms with E-state index in [0.717, 1.165) is 37.1 Å². The van der Waals surface area contributed by atoms with Crippen LogP contribution in [0.4, 0.5) is 10.1 Å². The zero-order chi connectivity index (χ0) is 30.0. The highest BCUT2D eigenvalue weighted by atomic mass is 19.1. The van der Waals surface area contributed by atoms with E-state index >= 15 is 4.39 Å². The molecule has 43 heavy (non-hydrogen) atoms. The molecule has 4 aromatic rings. The molecule has 1 aliphatic carbocycles. The fourth-order valence-electron chi connectivity index (χ4n) is 6.77. The van der Waals surface area contributed by atoms with E-state index in [1.54, 1.807) is 30.5 Å². The van der Waals surface area contributed by atoms with Gasteiger partial charge in [-0.25, -0.2) is 13.9 Å². The van der Waals surface area contributed by atoms with Crippen LogP contribution in [0.3, 0.4) is 0 Å². The molecule has 2 aliphatic heterocycles. The number of benzene rings is 2. The zero-order valence-corrected chi connectivity index (χ0v) is 24.8. The van der Waals surface area contributed by atoms with Gasteiger partial charge < -0.3 is 14.9 Å². The van der Waals surface area contributed by atoms with Crippen LogP contribution in [0.25, 0.3) is 16.9 Å². The minimum absolute atomic E-state index is 0.0160. The lowest BCUT2D eigenvalue weighted by atomic mass is 9.78. The molecule has 2 aromatic heterocycles. The van der Waals surface area contributed by atoms with Gasteiger partial charge in [-0.05, 0) is 87.8 Å². The largest absolute Gasteiger partial charge is 0.481 e. The van der Waals surface area contributed by atoms with Crippen LogP contribution in [0.1, 0.15) is 79.3 Å². The van der Waals surface area contributed by atoms with E-state index in [2.05, 4.69) is 24.0 Å². The molecule has 1 amide bonds. The summed E-state index contributed by atoms with van der Waals surface area (Å²) in [6, 6.07) is 17.0. The van der Waals surface area contributed by atoms with Gasteiger partial charge in [0.2, 0.25) is 0 Å². The molecule has 2 fully saturated rings. The number of carbonyl (C=O) groups is 2. The van der Waals surface area contributed by atoms with Crippen LogP contribution in [-0.2, 0) is 11.2 Å². The monoisotopic (exact) mass is 581 g/mol. The van der Waals surface area contributed by atoms with Gasteiger partial charge in [0.25, 0.3) is 5.91 Å². The first-order valence-corrected chi connectivity index (χ1v) is 15.2. The molecule has 1 saturated heterocycles. The Morgan fingerprint density at radius 1 is 1.02 bits per heavy atom. The molecule has 1 saturated carbocycles. The van der Waals surface area contributed by atoms with E-state index in [9.17, 15) is 14.7 Å². The molecule has 1 N–H and O–H groups in total. The van der Waals surface area contributed by atoms with Crippen LogP contribution in [0.2, 0.25) is 0 Å². The lowest BCUT2D eigenvalue weighted by molar-refractivity contribution is -0.149. The van der Waals surface area contributed by atoms with Crippen molar-refractivity contribution in [3.05, 3.63) is 82.9 Å². The van der Waals surface area contributed by atoms with Gasteiger partial charge in [-0.15, -0.1) is 0 Å². The number of carboxylic acids is 1. The second-order valence-corrected chi connectivity index (χ2v) is 12.9. The highest BCUT2D eigenvalue weighted by Crippen LogP contribution is 2.41. The van der Waals surface area contributed by atoms with Crippen LogP contribution in [-0.4, -0.2) is 56.1 Å². The van der Waals surface area contributed by atoms with Crippen LogP contribution < -0.4 is 4.90 Å². The van der Waals surface area contributed by atoms with Gasteiger partial charge in [0.15, 0.2) is 5.65 Å². The second kappa shape index (κ2) is 10.2. The summed E-state index contributed by atoms with van der Waals surface area (Å²) in [4.78, 5) is 34.2. The Balaban J connectivity index is 1.18. The molecule has 222 valence electrons. The average Bonchev–Trinajstić information content (AvgIpc) is 3.54. The minimum Gasteiger partial charge on any atom is -0.481 e. The summed E-state index contributed by atoms with van der Waals surface area (Å²) in [5.41, 5.74) is 5.05. The maximum absolute atomic E-state index is 15.6. The number of nitrogens with zero attached hydrogens (tertiary/aromatic N) is 5. The zero-order valence-electron chi connectivity index (χ0n) is 24.8. The van der Waals surface area contributed by atoms with Gasteiger partial charge in [0, 0.05) is 48.6 Å². The number of halogens is 1. The highest BCUT2D eigenvalue weighted by molar-refractivity contribution is 5.93.